The van der Waals surface area contributed by atoms with E-state index >= 15 is 0 Å². The lowest BCUT2D eigenvalue weighted by Crippen LogP contribution is -1.98. The molecule has 0 fully saturated rings. The van der Waals surface area contributed by atoms with Crippen LogP contribution in [-0.2, 0) is 0 Å². The van der Waals surface area contributed by atoms with Crippen molar-refractivity contribution >= 4 is 0 Å². The Labute approximate surface area is 71.7 Å². The first kappa shape index (κ1) is 10.7. The predicted molar refractivity (Wildman–Crippen MR) is 52.4 cm³/mol. The van der Waals surface area contributed by atoms with Crippen LogP contribution in [0.4, 0.5) is 0 Å². The molecule has 0 saturated heterocycles. The van der Waals surface area contributed by atoms with Crippen LogP contribution in [0.25, 0.3) is 0 Å². The van der Waals surface area contributed by atoms with Crippen molar-refractivity contribution in [2.24, 2.45) is 5.92 Å². The second kappa shape index (κ2) is 6.45. The molecule has 1 radical (unpaired) electrons. The van der Waals surface area contributed by atoms with E-state index < -0.39 is 0 Å². The minimum absolute atomic E-state index is 0.878. The van der Waals surface area contributed by atoms with Gasteiger partial charge in [-0.2, -0.15) is 0 Å². The fourth-order valence-electron chi connectivity index (χ4n) is 1.32. The summed E-state index contributed by atoms with van der Waals surface area (Å²) in [4.78, 5) is 0. The largest absolute Gasteiger partial charge is 0.0850 e. The van der Waals surface area contributed by atoms with E-state index in [1.165, 1.54) is 31.3 Å². The van der Waals surface area contributed by atoms with Crippen molar-refractivity contribution in [2.75, 3.05) is 0 Å². The number of hydrogen-bond donors (Lipinski definition) is 0. The van der Waals surface area contributed by atoms with Gasteiger partial charge in [-0.25, -0.2) is 0 Å². The van der Waals surface area contributed by atoms with Crippen LogP contribution >= 0.6 is 0 Å². The Bertz CT molecular complexity index is 107. The Balaban J connectivity index is 3.78. The third-order valence-corrected chi connectivity index (χ3v) is 2.45. The van der Waals surface area contributed by atoms with Crippen LogP contribution in [0.5, 0.6) is 0 Å². The maximum absolute atomic E-state index is 3.82. The van der Waals surface area contributed by atoms with Crippen molar-refractivity contribution in [3.05, 3.63) is 18.6 Å². The molecule has 11 heavy (non-hydrogen) atoms. The molecule has 0 aliphatic carbocycles. The summed E-state index contributed by atoms with van der Waals surface area (Å²) in [6, 6.07) is 0. The van der Waals surface area contributed by atoms with E-state index in [0.717, 1.165) is 5.92 Å². The van der Waals surface area contributed by atoms with Gasteiger partial charge in [0.2, 0.25) is 0 Å². The Kier molecular flexibility index (Phi) is 6.30. The van der Waals surface area contributed by atoms with Gasteiger partial charge < -0.3 is 0 Å². The second-order valence-corrected chi connectivity index (χ2v) is 3.10. The smallest absolute Gasteiger partial charge is 0.0292 e. The normalized spacial score (nSPS) is 12.6. The molecule has 65 valence electrons. The average molecular weight is 153 g/mol. The van der Waals surface area contributed by atoms with Crippen LogP contribution < -0.4 is 0 Å². The van der Waals surface area contributed by atoms with Gasteiger partial charge in [0, 0.05) is 0 Å². The molecule has 0 atom stereocenters. The van der Waals surface area contributed by atoms with Crippen LogP contribution in [0.1, 0.15) is 46.5 Å². The van der Waals surface area contributed by atoms with Crippen LogP contribution in [0.15, 0.2) is 11.6 Å². The Morgan fingerprint density at radius 3 is 2.09 bits per heavy atom. The van der Waals surface area contributed by atoms with E-state index in [2.05, 4.69) is 27.7 Å². The molecular weight excluding hydrogens is 132 g/mol. The molecule has 0 heterocycles. The summed E-state index contributed by atoms with van der Waals surface area (Å²) in [6.45, 7) is 10.6. The first-order valence-corrected chi connectivity index (χ1v) is 4.75. The summed E-state index contributed by atoms with van der Waals surface area (Å²) in [5, 5.41) is 0. The number of hydrogen-bond acceptors (Lipinski definition) is 0. The fraction of sp³-hybridized carbons (Fsp3) is 0.727. The van der Waals surface area contributed by atoms with Crippen molar-refractivity contribution in [1.29, 1.82) is 0 Å². The van der Waals surface area contributed by atoms with Crippen LogP contribution in [0, 0.1) is 12.8 Å². The fourth-order valence-corrected chi connectivity index (χ4v) is 1.32. The highest BCUT2D eigenvalue weighted by molar-refractivity contribution is 5.03. The maximum Gasteiger partial charge on any atom is -0.0292 e. The van der Waals surface area contributed by atoms with E-state index in [1.54, 1.807) is 0 Å². The predicted octanol–water partition coefficient (Wildman–Crippen LogP) is 3.98. The summed E-state index contributed by atoms with van der Waals surface area (Å²) in [5.41, 5.74) is 1.51. The quantitative estimate of drug-likeness (QED) is 0.560. The van der Waals surface area contributed by atoms with Gasteiger partial charge in [-0.3, -0.25) is 0 Å². The van der Waals surface area contributed by atoms with Crippen molar-refractivity contribution in [2.45, 2.75) is 46.5 Å². The highest BCUT2D eigenvalue weighted by atomic mass is 14.1. The van der Waals surface area contributed by atoms with Gasteiger partial charge in [0.1, 0.15) is 0 Å². The SMILES string of the molecule is [CH2]C=C(CC)CC(CC)CC. The Morgan fingerprint density at radius 1 is 1.27 bits per heavy atom. The first-order chi connectivity index (χ1) is 5.28. The van der Waals surface area contributed by atoms with Crippen molar-refractivity contribution in [3.63, 3.8) is 0 Å². The molecular formula is C11H21. The van der Waals surface area contributed by atoms with E-state index in [-0.39, 0.29) is 0 Å². The lowest BCUT2D eigenvalue weighted by atomic mass is 9.93. The monoisotopic (exact) mass is 153 g/mol. The lowest BCUT2D eigenvalue weighted by Gasteiger charge is -2.13. The zero-order valence-corrected chi connectivity index (χ0v) is 8.19. The van der Waals surface area contributed by atoms with Gasteiger partial charge in [-0.05, 0) is 25.7 Å². The molecule has 0 nitrogen and oxygen atoms in total. The van der Waals surface area contributed by atoms with Crippen molar-refractivity contribution < 1.29 is 0 Å². The molecule has 0 unspecified atom stereocenters. The number of rotatable bonds is 5. The summed E-state index contributed by atoms with van der Waals surface area (Å²) >= 11 is 0. The van der Waals surface area contributed by atoms with Gasteiger partial charge in [0.05, 0.1) is 0 Å². The molecule has 0 aliphatic rings. The molecule has 0 aliphatic heterocycles. The third kappa shape index (κ3) is 4.23. The standard InChI is InChI=1S/C11H21/c1-5-10(6-2)9-11(7-3)8-4/h5,11H,1,6-9H2,2-4H3. The van der Waals surface area contributed by atoms with Gasteiger partial charge in [0.25, 0.3) is 0 Å². The summed E-state index contributed by atoms with van der Waals surface area (Å²) in [6.07, 6.45) is 7.05. The van der Waals surface area contributed by atoms with Gasteiger partial charge in [-0.15, -0.1) is 0 Å². The first-order valence-electron chi connectivity index (χ1n) is 4.75. The molecule has 0 amide bonds. The van der Waals surface area contributed by atoms with Gasteiger partial charge in [0.15, 0.2) is 0 Å². The topological polar surface area (TPSA) is 0 Å². The maximum atomic E-state index is 3.82. The van der Waals surface area contributed by atoms with Crippen LogP contribution in [-0.4, -0.2) is 0 Å². The summed E-state index contributed by atoms with van der Waals surface area (Å²) in [7, 11) is 0. The number of allylic oxidation sites excluding steroid dienone is 2. The minimum atomic E-state index is 0.878. The van der Waals surface area contributed by atoms with Crippen molar-refractivity contribution in [3.8, 4) is 0 Å². The molecule has 0 spiro atoms. The van der Waals surface area contributed by atoms with Crippen LogP contribution in [0.2, 0.25) is 0 Å². The molecule has 0 aromatic heterocycles. The molecule has 0 aromatic carbocycles. The summed E-state index contributed by atoms with van der Waals surface area (Å²) in [5.74, 6) is 0.878. The Morgan fingerprint density at radius 2 is 1.82 bits per heavy atom. The van der Waals surface area contributed by atoms with E-state index in [0.29, 0.717) is 0 Å². The molecule has 0 saturated carbocycles. The highest BCUT2D eigenvalue weighted by Gasteiger charge is 2.04. The highest BCUT2D eigenvalue weighted by Crippen LogP contribution is 2.19. The zero-order chi connectivity index (χ0) is 8.69. The molecule has 0 aromatic rings. The molecule has 0 N–H and O–H groups in total. The average Bonchev–Trinajstić information content (AvgIpc) is 2.07. The molecule has 0 heteroatoms. The van der Waals surface area contributed by atoms with Gasteiger partial charge >= 0.3 is 0 Å². The van der Waals surface area contributed by atoms with E-state index in [1.807, 2.05) is 6.08 Å². The zero-order valence-electron chi connectivity index (χ0n) is 8.19. The third-order valence-electron chi connectivity index (χ3n) is 2.45. The van der Waals surface area contributed by atoms with Gasteiger partial charge in [-0.1, -0.05) is 45.3 Å². The summed E-state index contributed by atoms with van der Waals surface area (Å²) < 4.78 is 0. The molecule has 0 rings (SSSR count). The Hall–Kier alpha value is -0.260. The van der Waals surface area contributed by atoms with E-state index in [9.17, 15) is 0 Å². The minimum Gasteiger partial charge on any atom is -0.0850 e. The molecule has 0 bridgehead atoms. The lowest BCUT2D eigenvalue weighted by molar-refractivity contribution is 0.483. The second-order valence-electron chi connectivity index (χ2n) is 3.10. The van der Waals surface area contributed by atoms with Crippen LogP contribution in [0.3, 0.4) is 0 Å². The van der Waals surface area contributed by atoms with Crippen molar-refractivity contribution in [1.82, 2.24) is 0 Å². The van der Waals surface area contributed by atoms with E-state index in [4.69, 9.17) is 0 Å².